The number of nitrogens with one attached hydrogen (secondary N) is 1. The van der Waals surface area contributed by atoms with Gasteiger partial charge in [-0.3, -0.25) is 0 Å². The van der Waals surface area contributed by atoms with E-state index in [-0.39, 0.29) is 6.61 Å². The lowest BCUT2D eigenvalue weighted by molar-refractivity contribution is -0.140. The fourth-order valence-electron chi connectivity index (χ4n) is 1.02. The van der Waals surface area contributed by atoms with Crippen LogP contribution >= 0.6 is 0 Å². The molecular weight excluding hydrogens is 238 g/mol. The minimum absolute atomic E-state index is 0.00144. The van der Waals surface area contributed by atoms with Gasteiger partial charge in [0.2, 0.25) is 9.76 Å². The van der Waals surface area contributed by atoms with Gasteiger partial charge in [0.25, 0.3) is 0 Å². The molecule has 0 aliphatic heterocycles. The molecule has 98 valence electrons. The molecule has 0 aliphatic carbocycles. The summed E-state index contributed by atoms with van der Waals surface area (Å²) >= 11 is 0. The van der Waals surface area contributed by atoms with E-state index in [2.05, 4.69) is 11.9 Å². The Kier molecular flexibility index (Phi) is 11.3. The van der Waals surface area contributed by atoms with Gasteiger partial charge in [0.15, 0.2) is 0 Å². The van der Waals surface area contributed by atoms with Gasteiger partial charge in [-0.25, -0.2) is 4.79 Å². The van der Waals surface area contributed by atoms with E-state index in [1.165, 1.54) is 0 Å². The van der Waals surface area contributed by atoms with Crippen LogP contribution in [0.5, 0.6) is 0 Å². The third-order valence-electron chi connectivity index (χ3n) is 1.84. The van der Waals surface area contributed by atoms with Crippen molar-refractivity contribution in [2.24, 2.45) is 0 Å². The van der Waals surface area contributed by atoms with Crippen LogP contribution in [0.4, 0.5) is 0 Å². The van der Waals surface area contributed by atoms with Crippen LogP contribution in [0.3, 0.4) is 0 Å². The lowest BCUT2D eigenvalue weighted by Gasteiger charge is -2.11. The van der Waals surface area contributed by atoms with Gasteiger partial charge in [0.05, 0.1) is 0 Å². The molecule has 0 aromatic rings. The molecule has 0 aromatic heterocycles. The Morgan fingerprint density at radius 2 is 2.41 bits per heavy atom. The van der Waals surface area contributed by atoms with Crippen molar-refractivity contribution in [1.29, 1.82) is 0 Å². The average molecular weight is 259 g/mol. The summed E-state index contributed by atoms with van der Waals surface area (Å²) in [5.41, 5.74) is 0. The van der Waals surface area contributed by atoms with E-state index in [0.717, 1.165) is 31.7 Å². The minimum atomic E-state index is -0.673. The fraction of sp³-hybridized carbons (Fsp3) is 0.727. The van der Waals surface area contributed by atoms with E-state index in [1.54, 1.807) is 0 Å². The summed E-state index contributed by atoms with van der Waals surface area (Å²) in [6, 6.07) is 1.03. The molecule has 0 heterocycles. The summed E-state index contributed by atoms with van der Waals surface area (Å²) < 4.78 is 9.92. The van der Waals surface area contributed by atoms with Crippen LogP contribution in [-0.2, 0) is 14.0 Å². The molecule has 0 fully saturated rings. The van der Waals surface area contributed by atoms with Gasteiger partial charge in [-0.15, -0.1) is 0 Å². The first-order valence-electron chi connectivity index (χ1n) is 5.73. The number of carbonyl (C=O) groups excluding carboxylic acids is 1. The minimum Gasteiger partial charge on any atom is -0.460 e. The summed E-state index contributed by atoms with van der Waals surface area (Å²) in [5, 5.41) is 12.5. The topological polar surface area (TPSA) is 67.8 Å². The maximum atomic E-state index is 10.7. The quantitative estimate of drug-likeness (QED) is 0.239. The van der Waals surface area contributed by atoms with Crippen LogP contribution in [0, 0.1) is 0 Å². The van der Waals surface area contributed by atoms with Crippen molar-refractivity contribution < 1.29 is 19.1 Å². The first-order valence-corrected chi connectivity index (χ1v) is 6.84. The van der Waals surface area contributed by atoms with Crippen LogP contribution in [0.2, 0.25) is 6.04 Å². The third kappa shape index (κ3) is 11.6. The van der Waals surface area contributed by atoms with E-state index in [4.69, 9.17) is 9.16 Å². The summed E-state index contributed by atoms with van der Waals surface area (Å²) in [7, 11) is 0.552. The van der Waals surface area contributed by atoms with Gasteiger partial charge in [-0.05, 0) is 25.9 Å². The Labute approximate surface area is 105 Å². The molecule has 0 saturated carbocycles. The first-order chi connectivity index (χ1) is 8.20. The number of aliphatic hydroxyl groups is 1. The molecule has 1 unspecified atom stereocenters. The Bertz CT molecular complexity index is 214. The molecule has 0 spiro atoms. The lowest BCUT2D eigenvalue weighted by Crippen LogP contribution is -2.31. The van der Waals surface area contributed by atoms with Gasteiger partial charge in [-0.2, -0.15) is 0 Å². The monoisotopic (exact) mass is 259 g/mol. The Hall–Kier alpha value is -0.693. The zero-order chi connectivity index (χ0) is 12.9. The maximum absolute atomic E-state index is 10.7. The number of hydrogen-bond acceptors (Lipinski definition) is 5. The van der Waals surface area contributed by atoms with E-state index < -0.39 is 12.1 Å². The Morgan fingerprint density at radius 3 is 3.06 bits per heavy atom. The smallest absolute Gasteiger partial charge is 0.330 e. The Balaban J connectivity index is 3.24. The molecule has 5 nitrogen and oxygen atoms in total. The second kappa shape index (κ2) is 11.8. The third-order valence-corrected chi connectivity index (χ3v) is 2.89. The van der Waals surface area contributed by atoms with Crippen molar-refractivity contribution in [3.8, 4) is 0 Å². The second-order valence-corrected chi connectivity index (χ2v) is 4.45. The fourth-order valence-corrected chi connectivity index (χ4v) is 1.69. The molecule has 0 amide bonds. The highest BCUT2D eigenvalue weighted by Crippen LogP contribution is 1.89. The normalized spacial score (nSPS) is 12.1. The van der Waals surface area contributed by atoms with Gasteiger partial charge >= 0.3 is 5.97 Å². The standard InChI is InChI=1S/C11H21NO4Si/c1-3-11(14)15-9-10(13)8-12-6-5-7-17-16-4-2/h3,10,12-13H,1,4-9H2,2H3. The Morgan fingerprint density at radius 1 is 1.65 bits per heavy atom. The first kappa shape index (κ1) is 16.3. The SMILES string of the molecule is C=CC(=O)OCC(O)CNCCC[Si]OCC. The number of rotatable bonds is 11. The highest BCUT2D eigenvalue weighted by molar-refractivity contribution is 6.26. The van der Waals surface area contributed by atoms with Crippen LogP contribution in [0.15, 0.2) is 12.7 Å². The molecule has 2 radical (unpaired) electrons. The largest absolute Gasteiger partial charge is 0.460 e. The number of hydrogen-bond donors (Lipinski definition) is 2. The number of ether oxygens (including phenoxy) is 1. The van der Waals surface area contributed by atoms with Gasteiger partial charge in [0.1, 0.15) is 12.7 Å². The summed E-state index contributed by atoms with van der Waals surface area (Å²) in [5.74, 6) is -0.512. The van der Waals surface area contributed by atoms with Crippen LogP contribution < -0.4 is 5.32 Å². The van der Waals surface area contributed by atoms with Crippen LogP contribution in [0.1, 0.15) is 13.3 Å². The molecule has 1 atom stereocenters. The molecule has 0 rings (SSSR count). The molecule has 17 heavy (non-hydrogen) atoms. The van der Waals surface area contributed by atoms with Crippen molar-refractivity contribution in [2.75, 3.05) is 26.3 Å². The molecule has 2 N–H and O–H groups in total. The van der Waals surface area contributed by atoms with Crippen LogP contribution in [0.25, 0.3) is 0 Å². The van der Waals surface area contributed by atoms with Crippen molar-refractivity contribution in [3.05, 3.63) is 12.7 Å². The van der Waals surface area contributed by atoms with Crippen LogP contribution in [-0.4, -0.2) is 53.2 Å². The average Bonchev–Trinajstić information content (AvgIpc) is 2.34. The summed E-state index contributed by atoms with van der Waals surface area (Å²) in [6.07, 6.45) is 1.42. The van der Waals surface area contributed by atoms with Crippen molar-refractivity contribution in [1.82, 2.24) is 5.32 Å². The highest BCUT2D eigenvalue weighted by Gasteiger charge is 2.05. The molecular formula is C11H21NO4Si. The summed E-state index contributed by atoms with van der Waals surface area (Å²) in [4.78, 5) is 10.7. The summed E-state index contributed by atoms with van der Waals surface area (Å²) in [6.45, 7) is 7.25. The lowest BCUT2D eigenvalue weighted by atomic mass is 10.3. The van der Waals surface area contributed by atoms with Crippen molar-refractivity contribution >= 4 is 15.7 Å². The number of esters is 1. The number of aliphatic hydroxyl groups excluding tert-OH is 1. The van der Waals surface area contributed by atoms with Crippen molar-refractivity contribution in [3.63, 3.8) is 0 Å². The predicted molar refractivity (Wildman–Crippen MR) is 66.8 cm³/mol. The maximum Gasteiger partial charge on any atom is 0.330 e. The second-order valence-electron chi connectivity index (χ2n) is 3.37. The van der Waals surface area contributed by atoms with Gasteiger partial charge < -0.3 is 19.6 Å². The predicted octanol–water partition coefficient (Wildman–Crippen LogP) is 0.130. The van der Waals surface area contributed by atoms with Gasteiger partial charge in [0, 0.05) is 19.2 Å². The van der Waals surface area contributed by atoms with E-state index in [9.17, 15) is 9.90 Å². The molecule has 0 aliphatic rings. The molecule has 0 saturated heterocycles. The van der Waals surface area contributed by atoms with E-state index in [1.807, 2.05) is 6.92 Å². The van der Waals surface area contributed by atoms with E-state index in [0.29, 0.717) is 16.3 Å². The molecule has 0 bridgehead atoms. The highest BCUT2D eigenvalue weighted by atomic mass is 28.2. The zero-order valence-corrected chi connectivity index (χ0v) is 11.3. The van der Waals surface area contributed by atoms with Crippen molar-refractivity contribution in [2.45, 2.75) is 25.5 Å². The molecule has 6 heteroatoms. The van der Waals surface area contributed by atoms with E-state index >= 15 is 0 Å². The number of carbonyl (C=O) groups is 1. The molecule has 0 aromatic carbocycles. The van der Waals surface area contributed by atoms with Gasteiger partial charge in [-0.1, -0.05) is 6.58 Å². The zero-order valence-electron chi connectivity index (χ0n) is 10.3.